The third-order valence-corrected chi connectivity index (χ3v) is 5.13. The number of aryl methyl sites for hydroxylation is 1. The Hall–Kier alpha value is -3.20. The molecule has 4 rings (SSSR count). The number of fused-ring (bicyclic) bond motifs is 1. The van der Waals surface area contributed by atoms with Gasteiger partial charge in [-0.05, 0) is 50.3 Å². The van der Waals surface area contributed by atoms with E-state index in [1.165, 1.54) is 12.8 Å². The summed E-state index contributed by atoms with van der Waals surface area (Å²) in [4.78, 5) is 21.8. The van der Waals surface area contributed by atoms with Crippen molar-refractivity contribution in [2.24, 2.45) is 5.92 Å². The number of nitriles is 1. The molecule has 6 nitrogen and oxygen atoms in total. The van der Waals surface area contributed by atoms with Crippen molar-refractivity contribution in [2.45, 2.75) is 39.2 Å². The van der Waals surface area contributed by atoms with Crippen molar-refractivity contribution in [3.63, 3.8) is 0 Å². The summed E-state index contributed by atoms with van der Waals surface area (Å²) in [6.07, 6.45) is 4.78. The first-order valence-electron chi connectivity index (χ1n) is 9.29. The van der Waals surface area contributed by atoms with Crippen LogP contribution in [0.15, 0.2) is 36.7 Å². The van der Waals surface area contributed by atoms with E-state index in [9.17, 15) is 4.79 Å². The summed E-state index contributed by atoms with van der Waals surface area (Å²) in [7, 11) is 0. The fourth-order valence-electron chi connectivity index (χ4n) is 3.35. The van der Waals surface area contributed by atoms with Crippen molar-refractivity contribution in [1.82, 2.24) is 19.7 Å². The summed E-state index contributed by atoms with van der Waals surface area (Å²) in [6.45, 7) is 4.09. The molecule has 2 aromatic heterocycles. The summed E-state index contributed by atoms with van der Waals surface area (Å²) in [5.41, 5.74) is 4.07. The molecule has 0 spiro atoms. The first-order valence-corrected chi connectivity index (χ1v) is 9.29. The van der Waals surface area contributed by atoms with Crippen LogP contribution >= 0.6 is 0 Å². The van der Waals surface area contributed by atoms with E-state index >= 15 is 0 Å². The van der Waals surface area contributed by atoms with Crippen LogP contribution in [0.1, 0.15) is 48.4 Å². The van der Waals surface area contributed by atoms with Gasteiger partial charge in [0, 0.05) is 17.3 Å². The third-order valence-electron chi connectivity index (χ3n) is 5.13. The summed E-state index contributed by atoms with van der Waals surface area (Å²) < 4.78 is 1.87. The molecule has 2 heterocycles. The number of carbonyl (C=O) groups excluding carboxylic acids is 1. The molecule has 1 unspecified atom stereocenters. The van der Waals surface area contributed by atoms with E-state index in [-0.39, 0.29) is 11.9 Å². The van der Waals surface area contributed by atoms with Crippen LogP contribution in [0.3, 0.4) is 0 Å². The molecule has 1 aliphatic rings. The van der Waals surface area contributed by atoms with E-state index in [0.717, 1.165) is 23.4 Å². The lowest BCUT2D eigenvalue weighted by Crippen LogP contribution is -2.34. The van der Waals surface area contributed by atoms with Crippen LogP contribution in [-0.2, 0) is 6.42 Å². The summed E-state index contributed by atoms with van der Waals surface area (Å²) in [5.74, 6) is 0.389. The molecule has 1 aromatic carbocycles. The van der Waals surface area contributed by atoms with E-state index in [1.54, 1.807) is 12.4 Å². The van der Waals surface area contributed by atoms with Crippen LogP contribution in [0, 0.1) is 17.2 Å². The van der Waals surface area contributed by atoms with E-state index < -0.39 is 0 Å². The van der Waals surface area contributed by atoms with E-state index in [1.807, 2.05) is 35.6 Å². The Morgan fingerprint density at radius 3 is 2.93 bits per heavy atom. The molecular weight excluding hydrogens is 338 g/mol. The number of nitrogens with one attached hydrogen (secondary N) is 1. The molecule has 1 N–H and O–H groups in total. The highest BCUT2D eigenvalue weighted by atomic mass is 16.2. The second kappa shape index (κ2) is 6.84. The summed E-state index contributed by atoms with van der Waals surface area (Å²) in [6, 6.07) is 11.6. The number of hydrogen-bond acceptors (Lipinski definition) is 4. The van der Waals surface area contributed by atoms with E-state index in [0.29, 0.717) is 22.8 Å². The van der Waals surface area contributed by atoms with Gasteiger partial charge in [0.05, 0.1) is 17.3 Å². The summed E-state index contributed by atoms with van der Waals surface area (Å²) in [5, 5.41) is 12.2. The molecule has 136 valence electrons. The average molecular weight is 359 g/mol. The van der Waals surface area contributed by atoms with Gasteiger partial charge in [-0.2, -0.15) is 5.26 Å². The first-order chi connectivity index (χ1) is 13.1. The largest absolute Gasteiger partial charge is 0.348 e. The van der Waals surface area contributed by atoms with Crippen molar-refractivity contribution in [1.29, 1.82) is 5.26 Å². The molecule has 0 radical (unpaired) electrons. The van der Waals surface area contributed by atoms with Gasteiger partial charge < -0.3 is 5.32 Å². The number of amides is 1. The second-order valence-electron chi connectivity index (χ2n) is 7.07. The molecule has 0 bridgehead atoms. The van der Waals surface area contributed by atoms with E-state index in [2.05, 4.69) is 23.3 Å². The van der Waals surface area contributed by atoms with Gasteiger partial charge in [0.1, 0.15) is 6.33 Å². The zero-order chi connectivity index (χ0) is 19.0. The highest BCUT2D eigenvalue weighted by Gasteiger charge is 2.30. The molecule has 1 atom stereocenters. The van der Waals surface area contributed by atoms with Crippen molar-refractivity contribution in [2.75, 3.05) is 0 Å². The fraction of sp³-hybridized carbons (Fsp3) is 0.333. The van der Waals surface area contributed by atoms with Crippen LogP contribution in [0.5, 0.6) is 0 Å². The number of hydrogen-bond donors (Lipinski definition) is 1. The Morgan fingerprint density at radius 2 is 2.22 bits per heavy atom. The maximum Gasteiger partial charge on any atom is 0.274 e. The molecule has 27 heavy (non-hydrogen) atoms. The number of nitrogens with zero attached hydrogens (tertiary/aromatic N) is 4. The topological polar surface area (TPSA) is 83.1 Å². The van der Waals surface area contributed by atoms with Crippen LogP contribution in [0.2, 0.25) is 0 Å². The Balaban J connectivity index is 1.78. The molecule has 1 saturated carbocycles. The standard InChI is InChI=1S/C21H21N5O/c1-3-17-10-18(16-6-4-5-14(9-16)11-22)25-20-19(23-12-26(17)20)21(27)24-13(2)15-7-8-15/h4-6,9-10,12-13,15H,3,7-8H2,1-2H3,(H,24,27). The number of rotatable bonds is 5. The lowest BCUT2D eigenvalue weighted by Gasteiger charge is -2.12. The lowest BCUT2D eigenvalue weighted by molar-refractivity contribution is 0.0933. The molecule has 1 amide bonds. The van der Waals surface area contributed by atoms with Gasteiger partial charge in [0.2, 0.25) is 0 Å². The highest BCUT2D eigenvalue weighted by Crippen LogP contribution is 2.32. The van der Waals surface area contributed by atoms with Gasteiger partial charge in [-0.25, -0.2) is 9.97 Å². The maximum atomic E-state index is 12.7. The number of carbonyl (C=O) groups is 1. The minimum atomic E-state index is -0.186. The molecule has 6 heteroatoms. The molecular formula is C21H21N5O. The van der Waals surface area contributed by atoms with Crippen LogP contribution in [0.25, 0.3) is 16.9 Å². The number of benzene rings is 1. The van der Waals surface area contributed by atoms with Crippen molar-refractivity contribution in [3.8, 4) is 17.3 Å². The Labute approximate surface area is 157 Å². The minimum absolute atomic E-state index is 0.149. The van der Waals surface area contributed by atoms with Gasteiger partial charge in [-0.3, -0.25) is 9.20 Å². The third kappa shape index (κ3) is 3.28. The first kappa shape index (κ1) is 17.2. The Morgan fingerprint density at radius 1 is 1.41 bits per heavy atom. The summed E-state index contributed by atoms with van der Waals surface area (Å²) >= 11 is 0. The maximum absolute atomic E-state index is 12.7. The normalized spacial score (nSPS) is 14.7. The van der Waals surface area contributed by atoms with Crippen molar-refractivity contribution >= 4 is 11.6 Å². The molecule has 0 aliphatic heterocycles. The fourth-order valence-corrected chi connectivity index (χ4v) is 3.35. The molecule has 3 aromatic rings. The molecule has 0 saturated heterocycles. The predicted octanol–water partition coefficient (Wildman–Crippen LogP) is 3.36. The Kier molecular flexibility index (Phi) is 4.36. The molecule has 1 fully saturated rings. The predicted molar refractivity (Wildman–Crippen MR) is 102 cm³/mol. The monoisotopic (exact) mass is 359 g/mol. The SMILES string of the molecule is CCc1cc(-c2cccc(C#N)c2)nc2c(C(=O)NC(C)C3CC3)ncn12. The average Bonchev–Trinajstić information content (AvgIpc) is 3.46. The van der Waals surface area contributed by atoms with Gasteiger partial charge in [0.15, 0.2) is 11.3 Å². The van der Waals surface area contributed by atoms with Crippen molar-refractivity contribution < 1.29 is 4.79 Å². The second-order valence-corrected chi connectivity index (χ2v) is 7.07. The van der Waals surface area contributed by atoms with E-state index in [4.69, 9.17) is 10.2 Å². The van der Waals surface area contributed by atoms with Crippen LogP contribution < -0.4 is 5.32 Å². The van der Waals surface area contributed by atoms with Gasteiger partial charge >= 0.3 is 0 Å². The highest BCUT2D eigenvalue weighted by molar-refractivity contribution is 5.98. The van der Waals surface area contributed by atoms with Crippen molar-refractivity contribution in [3.05, 3.63) is 53.6 Å². The minimum Gasteiger partial charge on any atom is -0.348 e. The number of aromatic nitrogens is 3. The quantitative estimate of drug-likeness (QED) is 0.757. The zero-order valence-electron chi connectivity index (χ0n) is 15.4. The van der Waals surface area contributed by atoms with Gasteiger partial charge in [0.25, 0.3) is 5.91 Å². The van der Waals surface area contributed by atoms with Crippen LogP contribution in [0.4, 0.5) is 0 Å². The molecule has 1 aliphatic carbocycles. The van der Waals surface area contributed by atoms with Gasteiger partial charge in [-0.15, -0.1) is 0 Å². The smallest absolute Gasteiger partial charge is 0.274 e. The van der Waals surface area contributed by atoms with Gasteiger partial charge in [-0.1, -0.05) is 19.1 Å². The Bertz CT molecular complexity index is 1060. The zero-order valence-corrected chi connectivity index (χ0v) is 15.4. The van der Waals surface area contributed by atoms with Crippen LogP contribution in [-0.4, -0.2) is 26.3 Å². The number of imidazole rings is 1. The lowest BCUT2D eigenvalue weighted by atomic mass is 10.1.